The first kappa shape index (κ1) is 7.80. The molecule has 0 aliphatic carbocycles. The molecule has 1 aliphatic heterocycles. The minimum absolute atomic E-state index is 0.706. The van der Waals surface area contributed by atoms with Crippen LogP contribution in [0, 0.1) is 6.92 Å². The second kappa shape index (κ2) is 2.90. The molecule has 1 aliphatic rings. The summed E-state index contributed by atoms with van der Waals surface area (Å²) in [7, 11) is 0. The van der Waals surface area contributed by atoms with E-state index in [0.29, 0.717) is 6.54 Å². The number of hydrogen-bond donors (Lipinski definition) is 1. The quantitative estimate of drug-likeness (QED) is 0.699. The van der Waals surface area contributed by atoms with Gasteiger partial charge in [-0.25, -0.2) is 0 Å². The topological polar surface area (TPSA) is 43.8 Å². The van der Waals surface area contributed by atoms with Crippen LogP contribution in [0.2, 0.25) is 0 Å². The first-order valence-electron chi connectivity index (χ1n) is 4.58. The lowest BCUT2D eigenvalue weighted by Crippen LogP contribution is -2.05. The molecule has 2 heterocycles. The fraction of sp³-hybridized carbons (Fsp3) is 0.667. The molecule has 0 atom stereocenters. The molecule has 0 saturated carbocycles. The molecule has 3 heteroatoms. The van der Waals surface area contributed by atoms with Gasteiger partial charge in [0.1, 0.15) is 0 Å². The van der Waals surface area contributed by atoms with Crippen LogP contribution in [-0.2, 0) is 19.4 Å². The molecular weight excluding hydrogens is 150 g/mol. The Morgan fingerprint density at radius 1 is 1.58 bits per heavy atom. The van der Waals surface area contributed by atoms with Crippen LogP contribution in [-0.4, -0.2) is 16.3 Å². The standard InChI is InChI=1S/C9H15N3/c1-7-8(4-5-10)11-12-6-2-3-9(7)12/h2-6,10H2,1H3. The van der Waals surface area contributed by atoms with Gasteiger partial charge in [-0.3, -0.25) is 4.68 Å². The van der Waals surface area contributed by atoms with Gasteiger partial charge < -0.3 is 5.73 Å². The molecule has 0 bridgehead atoms. The van der Waals surface area contributed by atoms with Crippen molar-refractivity contribution < 1.29 is 0 Å². The van der Waals surface area contributed by atoms with E-state index in [1.165, 1.54) is 29.8 Å². The fourth-order valence-electron chi connectivity index (χ4n) is 1.91. The smallest absolute Gasteiger partial charge is 0.0669 e. The van der Waals surface area contributed by atoms with Crippen molar-refractivity contribution in [1.29, 1.82) is 0 Å². The first-order valence-corrected chi connectivity index (χ1v) is 4.58. The highest BCUT2D eigenvalue weighted by Crippen LogP contribution is 2.20. The molecule has 1 aromatic heterocycles. The Kier molecular flexibility index (Phi) is 1.89. The molecule has 2 N–H and O–H groups in total. The maximum absolute atomic E-state index is 5.50. The molecule has 0 radical (unpaired) electrons. The van der Waals surface area contributed by atoms with E-state index >= 15 is 0 Å². The van der Waals surface area contributed by atoms with Gasteiger partial charge in [0, 0.05) is 18.7 Å². The molecule has 0 aromatic carbocycles. The lowest BCUT2D eigenvalue weighted by Gasteiger charge is -1.94. The summed E-state index contributed by atoms with van der Waals surface area (Å²) < 4.78 is 2.14. The lowest BCUT2D eigenvalue weighted by molar-refractivity contribution is 0.642. The molecule has 0 saturated heterocycles. The number of nitrogens with zero attached hydrogens (tertiary/aromatic N) is 2. The maximum Gasteiger partial charge on any atom is 0.0669 e. The van der Waals surface area contributed by atoms with E-state index in [4.69, 9.17) is 5.73 Å². The van der Waals surface area contributed by atoms with Gasteiger partial charge in [-0.15, -0.1) is 0 Å². The summed E-state index contributed by atoms with van der Waals surface area (Å²) in [5.74, 6) is 0. The average Bonchev–Trinajstić information content (AvgIpc) is 2.58. The van der Waals surface area contributed by atoms with E-state index in [0.717, 1.165) is 13.0 Å². The van der Waals surface area contributed by atoms with Crippen molar-refractivity contribution in [2.45, 2.75) is 32.7 Å². The summed E-state index contributed by atoms with van der Waals surface area (Å²) in [4.78, 5) is 0. The average molecular weight is 165 g/mol. The van der Waals surface area contributed by atoms with Crippen molar-refractivity contribution in [1.82, 2.24) is 9.78 Å². The molecular formula is C9H15N3. The molecule has 2 rings (SSSR count). The van der Waals surface area contributed by atoms with E-state index < -0.39 is 0 Å². The molecule has 66 valence electrons. The summed E-state index contributed by atoms with van der Waals surface area (Å²) in [5.41, 5.74) is 9.50. The lowest BCUT2D eigenvalue weighted by atomic mass is 10.1. The van der Waals surface area contributed by atoms with Gasteiger partial charge in [-0.05, 0) is 31.9 Å². The summed E-state index contributed by atoms with van der Waals surface area (Å²) in [5, 5.41) is 4.52. The zero-order chi connectivity index (χ0) is 8.55. The van der Waals surface area contributed by atoms with E-state index in [1.807, 2.05) is 0 Å². The third-order valence-electron chi connectivity index (χ3n) is 2.58. The van der Waals surface area contributed by atoms with Crippen LogP contribution in [0.4, 0.5) is 0 Å². The number of fused-ring (bicyclic) bond motifs is 1. The Hall–Kier alpha value is -0.830. The maximum atomic E-state index is 5.50. The first-order chi connectivity index (χ1) is 5.83. The van der Waals surface area contributed by atoms with Crippen molar-refractivity contribution >= 4 is 0 Å². The Labute approximate surface area is 72.6 Å². The Morgan fingerprint density at radius 3 is 3.08 bits per heavy atom. The van der Waals surface area contributed by atoms with Crippen LogP contribution in [0.25, 0.3) is 0 Å². The second-order valence-electron chi connectivity index (χ2n) is 3.38. The second-order valence-corrected chi connectivity index (χ2v) is 3.38. The van der Waals surface area contributed by atoms with Gasteiger partial charge in [0.05, 0.1) is 5.69 Å². The third-order valence-corrected chi connectivity index (χ3v) is 2.58. The highest BCUT2D eigenvalue weighted by molar-refractivity contribution is 5.26. The summed E-state index contributed by atoms with van der Waals surface area (Å²) in [6.45, 7) is 3.97. The van der Waals surface area contributed by atoms with Gasteiger partial charge in [0.15, 0.2) is 0 Å². The predicted molar refractivity (Wildman–Crippen MR) is 48.0 cm³/mol. The molecule has 0 spiro atoms. The predicted octanol–water partition coefficient (Wildman–Crippen LogP) is 0.639. The molecule has 3 nitrogen and oxygen atoms in total. The number of aromatic nitrogens is 2. The Morgan fingerprint density at radius 2 is 2.42 bits per heavy atom. The van der Waals surface area contributed by atoms with Crippen LogP contribution < -0.4 is 5.73 Å². The van der Waals surface area contributed by atoms with Crippen molar-refractivity contribution in [3.8, 4) is 0 Å². The summed E-state index contributed by atoms with van der Waals surface area (Å²) in [6.07, 6.45) is 3.38. The summed E-state index contributed by atoms with van der Waals surface area (Å²) in [6, 6.07) is 0. The van der Waals surface area contributed by atoms with E-state index in [2.05, 4.69) is 16.7 Å². The Bertz CT molecular complexity index is 288. The summed E-state index contributed by atoms with van der Waals surface area (Å²) >= 11 is 0. The minimum Gasteiger partial charge on any atom is -0.330 e. The van der Waals surface area contributed by atoms with E-state index in [9.17, 15) is 0 Å². The molecule has 1 aromatic rings. The zero-order valence-corrected chi connectivity index (χ0v) is 7.51. The van der Waals surface area contributed by atoms with Crippen LogP contribution >= 0.6 is 0 Å². The number of nitrogens with two attached hydrogens (primary N) is 1. The minimum atomic E-state index is 0.706. The normalized spacial score (nSPS) is 15.2. The molecule has 12 heavy (non-hydrogen) atoms. The molecule has 0 fully saturated rings. The van der Waals surface area contributed by atoms with Crippen LogP contribution in [0.3, 0.4) is 0 Å². The van der Waals surface area contributed by atoms with Crippen LogP contribution in [0.5, 0.6) is 0 Å². The SMILES string of the molecule is Cc1c(CCN)nn2c1CCC2. The van der Waals surface area contributed by atoms with Gasteiger partial charge in [0.25, 0.3) is 0 Å². The van der Waals surface area contributed by atoms with Crippen molar-refractivity contribution in [2.24, 2.45) is 5.73 Å². The largest absolute Gasteiger partial charge is 0.330 e. The van der Waals surface area contributed by atoms with Crippen molar-refractivity contribution in [3.05, 3.63) is 17.0 Å². The van der Waals surface area contributed by atoms with Crippen molar-refractivity contribution in [2.75, 3.05) is 6.54 Å². The Balaban J connectivity index is 2.34. The van der Waals surface area contributed by atoms with Gasteiger partial charge >= 0.3 is 0 Å². The highest BCUT2D eigenvalue weighted by atomic mass is 15.3. The molecule has 0 amide bonds. The fourth-order valence-corrected chi connectivity index (χ4v) is 1.91. The monoisotopic (exact) mass is 165 g/mol. The molecule has 0 unspecified atom stereocenters. The van der Waals surface area contributed by atoms with Gasteiger partial charge in [-0.1, -0.05) is 0 Å². The zero-order valence-electron chi connectivity index (χ0n) is 7.51. The van der Waals surface area contributed by atoms with E-state index in [1.54, 1.807) is 0 Å². The van der Waals surface area contributed by atoms with Crippen LogP contribution in [0.15, 0.2) is 0 Å². The van der Waals surface area contributed by atoms with Gasteiger partial charge in [0.2, 0.25) is 0 Å². The highest BCUT2D eigenvalue weighted by Gasteiger charge is 2.17. The number of rotatable bonds is 2. The van der Waals surface area contributed by atoms with Crippen LogP contribution in [0.1, 0.15) is 23.4 Å². The number of aryl methyl sites for hydroxylation is 1. The number of hydrogen-bond acceptors (Lipinski definition) is 2. The third kappa shape index (κ3) is 1.05. The van der Waals surface area contributed by atoms with E-state index in [-0.39, 0.29) is 0 Å². The van der Waals surface area contributed by atoms with Crippen molar-refractivity contribution in [3.63, 3.8) is 0 Å². The van der Waals surface area contributed by atoms with Gasteiger partial charge in [-0.2, -0.15) is 5.10 Å².